The zero-order valence-electron chi connectivity index (χ0n) is 8.49. The molecule has 1 amide bonds. The molecule has 3 N–H and O–H groups in total. The molecule has 1 saturated heterocycles. The van der Waals surface area contributed by atoms with E-state index in [0.29, 0.717) is 6.61 Å². The van der Waals surface area contributed by atoms with Gasteiger partial charge in [0.15, 0.2) is 0 Å². The monoisotopic (exact) mass is 218 g/mol. The van der Waals surface area contributed by atoms with Crippen LogP contribution < -0.4 is 11.1 Å². The summed E-state index contributed by atoms with van der Waals surface area (Å²) in [5.41, 5.74) is 5.72. The fourth-order valence-corrected chi connectivity index (χ4v) is 1.82. The van der Waals surface area contributed by atoms with Crippen LogP contribution in [0.4, 0.5) is 0 Å². The summed E-state index contributed by atoms with van der Waals surface area (Å²) in [6, 6.07) is -0.203. The van der Waals surface area contributed by atoms with E-state index in [1.54, 1.807) is 11.8 Å². The number of amides is 1. The molecule has 14 heavy (non-hydrogen) atoms. The first-order valence-electron chi connectivity index (χ1n) is 4.86. The van der Waals surface area contributed by atoms with Crippen molar-refractivity contribution in [2.24, 2.45) is 5.73 Å². The number of carbonyl (C=O) groups is 1. The molecule has 2 atom stereocenters. The predicted molar refractivity (Wildman–Crippen MR) is 58.3 cm³/mol. The maximum Gasteiger partial charge on any atom is 0.237 e. The van der Waals surface area contributed by atoms with Crippen molar-refractivity contribution in [3.63, 3.8) is 0 Å². The molecular formula is C9H18N2O2S. The van der Waals surface area contributed by atoms with E-state index in [1.165, 1.54) is 0 Å². The molecule has 4 nitrogen and oxygen atoms in total. The van der Waals surface area contributed by atoms with Gasteiger partial charge >= 0.3 is 0 Å². The molecule has 0 saturated carbocycles. The van der Waals surface area contributed by atoms with Gasteiger partial charge in [-0.2, -0.15) is 11.8 Å². The van der Waals surface area contributed by atoms with Crippen LogP contribution in [0, 0.1) is 0 Å². The zero-order valence-corrected chi connectivity index (χ0v) is 9.31. The highest BCUT2D eigenvalue weighted by Crippen LogP contribution is 2.04. The van der Waals surface area contributed by atoms with E-state index in [9.17, 15) is 4.79 Å². The van der Waals surface area contributed by atoms with E-state index in [4.69, 9.17) is 10.5 Å². The molecule has 5 heteroatoms. The summed E-state index contributed by atoms with van der Waals surface area (Å²) in [6.45, 7) is 1.37. The van der Waals surface area contributed by atoms with Crippen LogP contribution in [0.15, 0.2) is 0 Å². The van der Waals surface area contributed by atoms with Crippen LogP contribution in [-0.2, 0) is 9.53 Å². The lowest BCUT2D eigenvalue weighted by molar-refractivity contribution is -0.123. The van der Waals surface area contributed by atoms with Crippen LogP contribution in [0.1, 0.15) is 12.8 Å². The number of nitrogens with two attached hydrogens (primary N) is 1. The van der Waals surface area contributed by atoms with Crippen molar-refractivity contribution < 1.29 is 9.53 Å². The molecule has 1 heterocycles. The second-order valence-electron chi connectivity index (χ2n) is 3.46. The summed E-state index contributed by atoms with van der Waals surface area (Å²) >= 11 is 1.71. The van der Waals surface area contributed by atoms with E-state index in [2.05, 4.69) is 5.32 Å². The Hall–Kier alpha value is -0.260. The third kappa shape index (κ3) is 3.86. The summed E-state index contributed by atoms with van der Waals surface area (Å²) < 4.78 is 5.16. The lowest BCUT2D eigenvalue weighted by Gasteiger charge is -2.15. The van der Waals surface area contributed by atoms with Crippen LogP contribution in [-0.4, -0.2) is 43.2 Å². The number of nitrogens with one attached hydrogen (secondary N) is 1. The Morgan fingerprint density at radius 2 is 2.57 bits per heavy atom. The third-order valence-corrected chi connectivity index (χ3v) is 2.89. The maximum atomic E-state index is 11.5. The van der Waals surface area contributed by atoms with Crippen LogP contribution in [0.25, 0.3) is 0 Å². The van der Waals surface area contributed by atoms with Gasteiger partial charge < -0.3 is 15.8 Å². The van der Waals surface area contributed by atoms with E-state index in [0.717, 1.165) is 25.2 Å². The number of thioether (sulfide) groups is 1. The zero-order chi connectivity index (χ0) is 10.4. The van der Waals surface area contributed by atoms with Gasteiger partial charge in [-0.1, -0.05) is 0 Å². The van der Waals surface area contributed by atoms with Gasteiger partial charge in [-0.15, -0.1) is 0 Å². The minimum Gasteiger partial charge on any atom is -0.379 e. The number of hydrogen-bond acceptors (Lipinski definition) is 4. The van der Waals surface area contributed by atoms with Gasteiger partial charge in [0.05, 0.1) is 18.7 Å². The van der Waals surface area contributed by atoms with Gasteiger partial charge in [-0.25, -0.2) is 0 Å². The van der Waals surface area contributed by atoms with Crippen LogP contribution in [0.3, 0.4) is 0 Å². The highest BCUT2D eigenvalue weighted by Gasteiger charge is 2.20. The number of hydrogen-bond donors (Lipinski definition) is 2. The molecule has 0 spiro atoms. The van der Waals surface area contributed by atoms with Crippen molar-refractivity contribution in [3.8, 4) is 0 Å². The number of ether oxygens (including phenoxy) is 1. The topological polar surface area (TPSA) is 64.4 Å². The number of carbonyl (C=O) groups excluding carboxylic acids is 1. The summed E-state index contributed by atoms with van der Waals surface area (Å²) in [6.07, 6.45) is 3.65. The summed E-state index contributed by atoms with van der Waals surface area (Å²) in [5.74, 6) is 0.880. The second-order valence-corrected chi connectivity index (χ2v) is 4.44. The van der Waals surface area contributed by atoms with Crippen LogP contribution in [0.5, 0.6) is 0 Å². The van der Waals surface area contributed by atoms with E-state index < -0.39 is 0 Å². The fourth-order valence-electron chi connectivity index (χ4n) is 1.33. The highest BCUT2D eigenvalue weighted by molar-refractivity contribution is 7.98. The van der Waals surface area contributed by atoms with Crippen LogP contribution >= 0.6 is 11.8 Å². The molecule has 1 aliphatic rings. The van der Waals surface area contributed by atoms with E-state index in [-0.39, 0.29) is 18.0 Å². The van der Waals surface area contributed by atoms with Gasteiger partial charge in [0.1, 0.15) is 0 Å². The Kier molecular flexibility index (Phi) is 5.29. The molecule has 1 rings (SSSR count). The van der Waals surface area contributed by atoms with Gasteiger partial charge in [-0.3, -0.25) is 4.79 Å². The van der Waals surface area contributed by atoms with Gasteiger partial charge in [-0.05, 0) is 24.9 Å². The van der Waals surface area contributed by atoms with Crippen molar-refractivity contribution >= 4 is 17.7 Å². The Bertz CT molecular complexity index is 184. The molecule has 82 valence electrons. The standard InChI is InChI=1S/C9H18N2O2S/c1-14-5-3-8(10)9(12)11-7-2-4-13-6-7/h7-8H,2-6,10H2,1H3,(H,11,12)/t7?,8-/m1/s1. The van der Waals surface area contributed by atoms with Crippen molar-refractivity contribution in [3.05, 3.63) is 0 Å². The third-order valence-electron chi connectivity index (χ3n) is 2.25. The normalized spacial score (nSPS) is 23.4. The summed E-state index contributed by atoms with van der Waals surface area (Å²) in [5, 5.41) is 2.89. The molecule has 1 fully saturated rings. The highest BCUT2D eigenvalue weighted by atomic mass is 32.2. The summed E-state index contributed by atoms with van der Waals surface area (Å²) in [7, 11) is 0. The van der Waals surface area contributed by atoms with Crippen molar-refractivity contribution in [2.45, 2.75) is 24.9 Å². The Labute approximate surface area is 88.9 Å². The van der Waals surface area contributed by atoms with Gasteiger partial charge in [0.25, 0.3) is 0 Å². The first-order chi connectivity index (χ1) is 6.74. The molecule has 1 unspecified atom stereocenters. The smallest absolute Gasteiger partial charge is 0.237 e. The van der Waals surface area contributed by atoms with Crippen molar-refractivity contribution in [1.82, 2.24) is 5.32 Å². The molecule has 0 aromatic heterocycles. The Morgan fingerprint density at radius 1 is 1.79 bits per heavy atom. The lowest BCUT2D eigenvalue weighted by atomic mass is 10.2. The van der Waals surface area contributed by atoms with Gasteiger partial charge in [0, 0.05) is 6.61 Å². The average Bonchev–Trinajstić information content (AvgIpc) is 2.66. The molecule has 0 aromatic rings. The van der Waals surface area contributed by atoms with Crippen LogP contribution in [0.2, 0.25) is 0 Å². The first kappa shape index (κ1) is 11.8. The van der Waals surface area contributed by atoms with E-state index in [1.807, 2.05) is 6.26 Å². The number of rotatable bonds is 5. The molecule has 0 aliphatic carbocycles. The largest absolute Gasteiger partial charge is 0.379 e. The fraction of sp³-hybridized carbons (Fsp3) is 0.889. The molecule has 0 aromatic carbocycles. The first-order valence-corrected chi connectivity index (χ1v) is 6.26. The molecule has 1 aliphatic heterocycles. The summed E-state index contributed by atoms with van der Waals surface area (Å²) in [4.78, 5) is 11.5. The van der Waals surface area contributed by atoms with Gasteiger partial charge in [0.2, 0.25) is 5.91 Å². The van der Waals surface area contributed by atoms with Crippen molar-refractivity contribution in [1.29, 1.82) is 0 Å². The lowest BCUT2D eigenvalue weighted by Crippen LogP contribution is -2.45. The van der Waals surface area contributed by atoms with Crippen molar-refractivity contribution in [2.75, 3.05) is 25.2 Å². The molecular weight excluding hydrogens is 200 g/mol. The Morgan fingerprint density at radius 3 is 3.14 bits per heavy atom. The maximum absolute atomic E-state index is 11.5. The quantitative estimate of drug-likeness (QED) is 0.680. The minimum atomic E-state index is -0.372. The average molecular weight is 218 g/mol. The minimum absolute atomic E-state index is 0.0467. The Balaban J connectivity index is 2.18. The molecule has 0 radical (unpaired) electrons. The van der Waals surface area contributed by atoms with E-state index >= 15 is 0 Å². The predicted octanol–water partition coefficient (Wildman–Crippen LogP) is -0.0281. The SMILES string of the molecule is CSCC[C@@H](N)C(=O)NC1CCOC1. The second kappa shape index (κ2) is 6.27. The molecule has 0 bridgehead atoms.